The number of carbonyl (C=O) groups excluding carboxylic acids is 1. The highest BCUT2D eigenvalue weighted by molar-refractivity contribution is 5.67. The molecule has 3 N–H and O–H groups in total. The van der Waals surface area contributed by atoms with Gasteiger partial charge in [-0.05, 0) is 25.0 Å². The lowest BCUT2D eigenvalue weighted by molar-refractivity contribution is 0.131. The number of nitrogens with one attached hydrogen (secondary N) is 1. The van der Waals surface area contributed by atoms with Crippen molar-refractivity contribution < 1.29 is 18.7 Å². The summed E-state index contributed by atoms with van der Waals surface area (Å²) in [6.07, 6.45) is -0.0899. The van der Waals surface area contributed by atoms with E-state index in [9.17, 15) is 9.18 Å². The van der Waals surface area contributed by atoms with E-state index < -0.39 is 11.9 Å². The van der Waals surface area contributed by atoms with Crippen LogP contribution in [0.1, 0.15) is 27.2 Å². The smallest absolute Gasteiger partial charge is 0.407 e. The van der Waals surface area contributed by atoms with Crippen LogP contribution in [0.4, 0.5) is 14.9 Å². The first-order valence-corrected chi connectivity index (χ1v) is 7.00. The van der Waals surface area contributed by atoms with Crippen molar-refractivity contribution in [2.24, 2.45) is 5.92 Å². The average Bonchev–Trinajstić information content (AvgIpc) is 2.40. The summed E-state index contributed by atoms with van der Waals surface area (Å²) in [6, 6.07) is 3.98. The van der Waals surface area contributed by atoms with E-state index in [1.807, 2.05) is 20.8 Å². The summed E-state index contributed by atoms with van der Waals surface area (Å²) in [5, 5.41) is 2.63. The fourth-order valence-electron chi connectivity index (χ4n) is 1.56. The van der Waals surface area contributed by atoms with Gasteiger partial charge in [-0.2, -0.15) is 0 Å². The second-order valence-electron chi connectivity index (χ2n) is 5.32. The van der Waals surface area contributed by atoms with Crippen LogP contribution in [0, 0.1) is 11.7 Å². The monoisotopic (exact) mass is 298 g/mol. The van der Waals surface area contributed by atoms with Crippen LogP contribution in [0.15, 0.2) is 18.2 Å². The van der Waals surface area contributed by atoms with Gasteiger partial charge >= 0.3 is 6.09 Å². The van der Waals surface area contributed by atoms with Gasteiger partial charge in [0.15, 0.2) is 0 Å². The lowest BCUT2D eigenvalue weighted by Crippen LogP contribution is -2.29. The number of rotatable bonds is 7. The van der Waals surface area contributed by atoms with Crippen LogP contribution in [0.5, 0.6) is 5.75 Å². The van der Waals surface area contributed by atoms with Crippen molar-refractivity contribution in [1.82, 2.24) is 5.32 Å². The molecule has 0 radical (unpaired) electrons. The first-order valence-electron chi connectivity index (χ1n) is 7.00. The molecule has 5 nitrogen and oxygen atoms in total. The predicted octanol–water partition coefficient (Wildman–Crippen LogP) is 2.95. The Bertz CT molecular complexity index is 466. The Hall–Kier alpha value is -1.98. The molecule has 6 heteroatoms. The number of amides is 1. The first kappa shape index (κ1) is 17.1. The third-order valence-corrected chi connectivity index (χ3v) is 2.67. The highest BCUT2D eigenvalue weighted by Crippen LogP contribution is 2.23. The number of ether oxygens (including phenoxy) is 2. The molecule has 0 heterocycles. The zero-order valence-corrected chi connectivity index (χ0v) is 12.7. The van der Waals surface area contributed by atoms with Crippen molar-refractivity contribution in [3.8, 4) is 5.75 Å². The van der Waals surface area contributed by atoms with Gasteiger partial charge in [0.25, 0.3) is 0 Å². The number of hydrogen-bond donors (Lipinski definition) is 2. The van der Waals surface area contributed by atoms with Crippen molar-refractivity contribution >= 4 is 11.8 Å². The molecule has 0 aliphatic rings. The fraction of sp³-hybridized carbons (Fsp3) is 0.533. The number of alkyl carbamates (subject to hydrolysis) is 1. The average molecular weight is 298 g/mol. The van der Waals surface area contributed by atoms with Gasteiger partial charge in [-0.1, -0.05) is 13.8 Å². The fourth-order valence-corrected chi connectivity index (χ4v) is 1.56. The Balaban J connectivity index is 2.29. The van der Waals surface area contributed by atoms with Crippen molar-refractivity contribution in [2.75, 3.05) is 18.9 Å². The zero-order chi connectivity index (χ0) is 15.8. The lowest BCUT2D eigenvalue weighted by Gasteiger charge is -2.16. The third kappa shape index (κ3) is 6.83. The second-order valence-corrected chi connectivity index (χ2v) is 5.32. The van der Waals surface area contributed by atoms with Crippen LogP contribution in [-0.2, 0) is 4.74 Å². The van der Waals surface area contributed by atoms with E-state index >= 15 is 0 Å². The van der Waals surface area contributed by atoms with Gasteiger partial charge in [-0.25, -0.2) is 9.18 Å². The minimum atomic E-state index is -0.443. The topological polar surface area (TPSA) is 73.6 Å². The van der Waals surface area contributed by atoms with Crippen molar-refractivity contribution in [1.29, 1.82) is 0 Å². The third-order valence-electron chi connectivity index (χ3n) is 2.67. The minimum absolute atomic E-state index is 0.209. The number of nitrogens with two attached hydrogens (primary N) is 1. The molecule has 1 aromatic carbocycles. The molecule has 0 bridgehead atoms. The van der Waals surface area contributed by atoms with Gasteiger partial charge in [-0.15, -0.1) is 0 Å². The van der Waals surface area contributed by atoms with E-state index in [4.69, 9.17) is 15.2 Å². The maximum absolute atomic E-state index is 13.1. The quantitative estimate of drug-likeness (QED) is 0.759. The molecule has 0 saturated heterocycles. The molecular weight excluding hydrogens is 275 g/mol. The van der Waals surface area contributed by atoms with Gasteiger partial charge in [0.05, 0.1) is 18.4 Å². The largest absolute Gasteiger partial charge is 0.488 e. The standard InChI is InChI=1S/C15H23FN2O3/c1-10(2)9-20-15(19)18-7-6-11(3)21-14-8-12(16)4-5-13(14)17/h4-5,8,10-11H,6-7,9,17H2,1-3H3,(H,18,19). The molecule has 0 aliphatic heterocycles. The van der Waals surface area contributed by atoms with E-state index in [-0.39, 0.29) is 6.10 Å². The summed E-state index contributed by atoms with van der Waals surface area (Å²) in [4.78, 5) is 11.3. The molecule has 1 aromatic rings. The van der Waals surface area contributed by atoms with E-state index in [0.717, 1.165) is 0 Å². The van der Waals surface area contributed by atoms with Gasteiger partial charge in [-0.3, -0.25) is 0 Å². The van der Waals surface area contributed by atoms with Crippen molar-refractivity contribution in [3.05, 3.63) is 24.0 Å². The number of nitrogen functional groups attached to an aromatic ring is 1. The molecule has 0 aliphatic carbocycles. The Labute approximate surface area is 124 Å². The Kier molecular flexibility index (Phi) is 6.78. The number of carbonyl (C=O) groups is 1. The number of anilines is 1. The lowest BCUT2D eigenvalue weighted by atomic mass is 10.2. The highest BCUT2D eigenvalue weighted by Gasteiger charge is 2.09. The van der Waals surface area contributed by atoms with Crippen LogP contribution in [0.2, 0.25) is 0 Å². The normalized spacial score (nSPS) is 12.0. The van der Waals surface area contributed by atoms with Gasteiger partial charge < -0.3 is 20.5 Å². The molecule has 21 heavy (non-hydrogen) atoms. The van der Waals surface area contributed by atoms with Crippen molar-refractivity contribution in [3.63, 3.8) is 0 Å². The molecule has 1 amide bonds. The van der Waals surface area contributed by atoms with E-state index in [1.165, 1.54) is 18.2 Å². The Morgan fingerprint density at radius 1 is 1.38 bits per heavy atom. The summed E-state index contributed by atoms with van der Waals surface area (Å²) >= 11 is 0. The molecule has 0 saturated carbocycles. The maximum Gasteiger partial charge on any atom is 0.407 e. The molecule has 1 rings (SSSR count). The molecule has 118 valence electrons. The Morgan fingerprint density at radius 2 is 2.10 bits per heavy atom. The SMILES string of the molecule is CC(C)COC(=O)NCCC(C)Oc1cc(F)ccc1N. The number of halogens is 1. The van der Waals surface area contributed by atoms with Gasteiger partial charge in [0.1, 0.15) is 11.6 Å². The summed E-state index contributed by atoms with van der Waals surface area (Å²) < 4.78 is 23.6. The van der Waals surface area contributed by atoms with Crippen LogP contribution >= 0.6 is 0 Å². The van der Waals surface area contributed by atoms with Crippen LogP contribution in [0.25, 0.3) is 0 Å². The molecule has 1 unspecified atom stereocenters. The van der Waals surface area contributed by atoms with E-state index in [0.29, 0.717) is 36.9 Å². The van der Waals surface area contributed by atoms with Crippen LogP contribution in [0.3, 0.4) is 0 Å². The van der Waals surface area contributed by atoms with E-state index in [2.05, 4.69) is 5.32 Å². The van der Waals surface area contributed by atoms with E-state index in [1.54, 1.807) is 0 Å². The summed E-state index contributed by atoms with van der Waals surface area (Å²) in [5.41, 5.74) is 6.08. The molecule has 0 aromatic heterocycles. The van der Waals surface area contributed by atoms with Crippen molar-refractivity contribution in [2.45, 2.75) is 33.3 Å². The molecule has 0 spiro atoms. The Morgan fingerprint density at radius 3 is 2.76 bits per heavy atom. The number of hydrogen-bond acceptors (Lipinski definition) is 4. The second kappa shape index (κ2) is 8.34. The zero-order valence-electron chi connectivity index (χ0n) is 12.7. The summed E-state index contributed by atoms with van der Waals surface area (Å²) in [6.45, 7) is 6.55. The van der Waals surface area contributed by atoms with Crippen LogP contribution < -0.4 is 15.8 Å². The summed E-state index contributed by atoms with van der Waals surface area (Å²) in [7, 11) is 0. The molecule has 0 fully saturated rings. The highest BCUT2D eigenvalue weighted by atomic mass is 19.1. The van der Waals surface area contributed by atoms with Gasteiger partial charge in [0, 0.05) is 19.0 Å². The summed E-state index contributed by atoms with van der Waals surface area (Å²) in [5.74, 6) is 0.209. The molecule has 1 atom stereocenters. The van der Waals surface area contributed by atoms with Gasteiger partial charge in [0.2, 0.25) is 0 Å². The predicted molar refractivity (Wildman–Crippen MR) is 79.7 cm³/mol. The van der Waals surface area contributed by atoms with Crippen LogP contribution in [-0.4, -0.2) is 25.3 Å². The first-order chi connectivity index (χ1) is 9.88. The minimum Gasteiger partial charge on any atom is -0.488 e. The number of benzene rings is 1. The maximum atomic E-state index is 13.1. The molecular formula is C15H23FN2O3.